The van der Waals surface area contributed by atoms with Crippen LogP contribution in [0.25, 0.3) is 11.5 Å². The predicted octanol–water partition coefficient (Wildman–Crippen LogP) is 3.89. The van der Waals surface area contributed by atoms with Gasteiger partial charge in [0.2, 0.25) is 5.89 Å². The number of carbonyl (C=O) groups excluding carboxylic acids is 1. The highest BCUT2D eigenvalue weighted by atomic mass is 32.2. The van der Waals surface area contributed by atoms with Crippen LogP contribution in [0.1, 0.15) is 24.2 Å². The number of benzene rings is 2. The SMILES string of the molecule is CSc1ccc(C(=O)Nc2nnc(-c3ccc(S(=O)(=O)C(C)C)cc3)o2)cc1. The van der Waals surface area contributed by atoms with E-state index in [-0.39, 0.29) is 22.7 Å². The number of hydrogen-bond acceptors (Lipinski definition) is 7. The highest BCUT2D eigenvalue weighted by Crippen LogP contribution is 2.24. The summed E-state index contributed by atoms with van der Waals surface area (Å²) in [5, 5.41) is 9.77. The minimum absolute atomic E-state index is 0.0344. The molecular weight excluding hydrogens is 398 g/mol. The summed E-state index contributed by atoms with van der Waals surface area (Å²) in [6.45, 7) is 3.26. The molecule has 1 aromatic heterocycles. The zero-order valence-electron chi connectivity index (χ0n) is 15.5. The molecule has 0 saturated carbocycles. The van der Waals surface area contributed by atoms with Crippen LogP contribution < -0.4 is 5.32 Å². The largest absolute Gasteiger partial charge is 0.403 e. The molecule has 0 aliphatic carbocycles. The van der Waals surface area contributed by atoms with Crippen LogP contribution in [0.4, 0.5) is 6.01 Å². The first-order valence-electron chi connectivity index (χ1n) is 8.44. The average molecular weight is 418 g/mol. The zero-order valence-corrected chi connectivity index (χ0v) is 17.2. The molecule has 28 heavy (non-hydrogen) atoms. The van der Waals surface area contributed by atoms with Crippen LogP contribution in [0, 0.1) is 0 Å². The molecule has 0 bridgehead atoms. The molecular formula is C19H19N3O4S2. The Bertz CT molecular complexity index is 1070. The predicted molar refractivity (Wildman–Crippen MR) is 108 cm³/mol. The number of anilines is 1. The number of rotatable bonds is 6. The van der Waals surface area contributed by atoms with Crippen molar-refractivity contribution in [3.05, 3.63) is 54.1 Å². The lowest BCUT2D eigenvalue weighted by molar-refractivity contribution is 0.102. The summed E-state index contributed by atoms with van der Waals surface area (Å²) in [6, 6.07) is 13.3. The highest BCUT2D eigenvalue weighted by molar-refractivity contribution is 7.98. The Kier molecular flexibility index (Phi) is 5.85. The van der Waals surface area contributed by atoms with Crippen LogP contribution in [0.3, 0.4) is 0 Å². The van der Waals surface area contributed by atoms with Crippen molar-refractivity contribution >= 4 is 33.5 Å². The summed E-state index contributed by atoms with van der Waals surface area (Å²) in [5.74, 6) is -0.178. The van der Waals surface area contributed by atoms with E-state index in [0.717, 1.165) is 4.90 Å². The van der Waals surface area contributed by atoms with Crippen LogP contribution in [-0.2, 0) is 9.84 Å². The Morgan fingerprint density at radius 3 is 2.25 bits per heavy atom. The van der Waals surface area contributed by atoms with Gasteiger partial charge in [0.05, 0.1) is 10.1 Å². The number of aromatic nitrogens is 2. The number of hydrogen-bond donors (Lipinski definition) is 1. The minimum Gasteiger partial charge on any atom is -0.403 e. The number of nitrogens with zero attached hydrogens (tertiary/aromatic N) is 2. The minimum atomic E-state index is -3.35. The lowest BCUT2D eigenvalue weighted by Crippen LogP contribution is -2.13. The van der Waals surface area contributed by atoms with E-state index in [4.69, 9.17) is 4.42 Å². The second-order valence-corrected chi connectivity index (χ2v) is 9.60. The van der Waals surface area contributed by atoms with Crippen molar-refractivity contribution < 1.29 is 17.6 Å². The van der Waals surface area contributed by atoms with E-state index in [9.17, 15) is 13.2 Å². The summed E-state index contributed by atoms with van der Waals surface area (Å²) < 4.78 is 29.8. The fourth-order valence-electron chi connectivity index (χ4n) is 2.36. The number of nitrogens with one attached hydrogen (secondary N) is 1. The van der Waals surface area contributed by atoms with E-state index in [1.165, 1.54) is 12.1 Å². The summed E-state index contributed by atoms with van der Waals surface area (Å²) in [4.78, 5) is 13.6. The fraction of sp³-hybridized carbons (Fsp3) is 0.211. The molecule has 0 aliphatic heterocycles. The number of sulfone groups is 1. The van der Waals surface area contributed by atoms with Crippen molar-refractivity contribution in [2.24, 2.45) is 0 Å². The van der Waals surface area contributed by atoms with Gasteiger partial charge in [-0.3, -0.25) is 10.1 Å². The van der Waals surface area contributed by atoms with Gasteiger partial charge in [-0.1, -0.05) is 5.10 Å². The van der Waals surface area contributed by atoms with Crippen LogP contribution in [0.5, 0.6) is 0 Å². The Labute approximate surface area is 167 Å². The van der Waals surface area contributed by atoms with Crippen molar-refractivity contribution in [1.29, 1.82) is 0 Å². The lowest BCUT2D eigenvalue weighted by atomic mass is 10.2. The van der Waals surface area contributed by atoms with Gasteiger partial charge in [0.15, 0.2) is 9.84 Å². The van der Waals surface area contributed by atoms with Gasteiger partial charge in [-0.05, 0) is 68.6 Å². The summed E-state index contributed by atoms with van der Waals surface area (Å²) in [7, 11) is -3.35. The van der Waals surface area contributed by atoms with Crippen molar-refractivity contribution in [3.63, 3.8) is 0 Å². The van der Waals surface area contributed by atoms with Crippen LogP contribution in [0.15, 0.2) is 62.7 Å². The first kappa shape index (κ1) is 20.1. The van der Waals surface area contributed by atoms with E-state index in [1.54, 1.807) is 49.9 Å². The maximum atomic E-state index is 12.3. The molecule has 1 amide bonds. The number of amides is 1. The van der Waals surface area contributed by atoms with E-state index >= 15 is 0 Å². The third kappa shape index (κ3) is 4.26. The molecule has 0 spiro atoms. The molecule has 3 aromatic rings. The topological polar surface area (TPSA) is 102 Å². The monoisotopic (exact) mass is 417 g/mol. The molecule has 3 rings (SSSR count). The molecule has 0 saturated heterocycles. The van der Waals surface area contributed by atoms with Crippen molar-refractivity contribution in [1.82, 2.24) is 10.2 Å². The van der Waals surface area contributed by atoms with Crippen molar-refractivity contribution in [3.8, 4) is 11.5 Å². The highest BCUT2D eigenvalue weighted by Gasteiger charge is 2.19. The van der Waals surface area contributed by atoms with Gasteiger partial charge >= 0.3 is 6.01 Å². The van der Waals surface area contributed by atoms with Crippen LogP contribution in [0.2, 0.25) is 0 Å². The molecule has 1 N–H and O–H groups in total. The van der Waals surface area contributed by atoms with E-state index in [1.807, 2.05) is 18.4 Å². The first-order valence-corrected chi connectivity index (χ1v) is 11.2. The van der Waals surface area contributed by atoms with Crippen molar-refractivity contribution in [2.75, 3.05) is 11.6 Å². The molecule has 0 fully saturated rings. The van der Waals surface area contributed by atoms with E-state index in [2.05, 4.69) is 15.5 Å². The quantitative estimate of drug-likeness (QED) is 0.607. The second-order valence-electron chi connectivity index (χ2n) is 6.21. The molecule has 0 unspecified atom stereocenters. The van der Waals surface area contributed by atoms with Crippen molar-refractivity contribution in [2.45, 2.75) is 28.9 Å². The molecule has 0 radical (unpaired) electrons. The Hall–Kier alpha value is -2.65. The third-order valence-corrected chi connectivity index (χ3v) is 6.96. The third-order valence-electron chi connectivity index (χ3n) is 4.05. The Morgan fingerprint density at radius 1 is 1.04 bits per heavy atom. The molecule has 0 atom stereocenters. The Morgan fingerprint density at radius 2 is 1.68 bits per heavy atom. The normalized spacial score (nSPS) is 11.6. The van der Waals surface area contributed by atoms with Gasteiger partial charge < -0.3 is 4.42 Å². The molecule has 146 valence electrons. The molecule has 7 nitrogen and oxygen atoms in total. The van der Waals surface area contributed by atoms with Crippen LogP contribution >= 0.6 is 11.8 Å². The van der Waals surface area contributed by atoms with E-state index in [0.29, 0.717) is 11.1 Å². The van der Waals surface area contributed by atoms with Gasteiger partial charge in [0.25, 0.3) is 5.91 Å². The van der Waals surface area contributed by atoms with Gasteiger partial charge in [-0.15, -0.1) is 16.9 Å². The molecule has 2 aromatic carbocycles. The maximum absolute atomic E-state index is 12.3. The lowest BCUT2D eigenvalue weighted by Gasteiger charge is -2.07. The van der Waals surface area contributed by atoms with Gasteiger partial charge in [-0.2, -0.15) is 0 Å². The first-order chi connectivity index (χ1) is 13.3. The molecule has 9 heteroatoms. The molecule has 0 aliphatic rings. The standard InChI is InChI=1S/C19H19N3O4S2/c1-12(2)28(24,25)16-10-6-14(7-11-16)18-21-22-19(26-18)20-17(23)13-4-8-15(27-3)9-5-13/h4-12H,1-3H3,(H,20,22,23). The number of thioether (sulfide) groups is 1. The molecule has 1 heterocycles. The number of carbonyl (C=O) groups is 1. The van der Waals surface area contributed by atoms with Gasteiger partial charge in [-0.25, -0.2) is 8.42 Å². The summed E-state index contributed by atoms with van der Waals surface area (Å²) in [6.07, 6.45) is 1.96. The van der Waals surface area contributed by atoms with Gasteiger partial charge in [0, 0.05) is 16.0 Å². The van der Waals surface area contributed by atoms with Crippen LogP contribution in [-0.4, -0.2) is 36.0 Å². The van der Waals surface area contributed by atoms with E-state index < -0.39 is 15.1 Å². The fourth-order valence-corrected chi connectivity index (χ4v) is 3.83. The Balaban J connectivity index is 1.74. The summed E-state index contributed by atoms with van der Waals surface area (Å²) in [5.41, 5.74) is 1.03. The zero-order chi connectivity index (χ0) is 20.3. The smallest absolute Gasteiger partial charge is 0.322 e. The second kappa shape index (κ2) is 8.15. The maximum Gasteiger partial charge on any atom is 0.322 e. The summed E-state index contributed by atoms with van der Waals surface area (Å²) >= 11 is 1.59. The average Bonchev–Trinajstić information content (AvgIpc) is 3.16. The van der Waals surface area contributed by atoms with Gasteiger partial charge in [0.1, 0.15) is 0 Å².